The third-order valence-corrected chi connectivity index (χ3v) is 4.01. The molecule has 1 aliphatic carbocycles. The molecule has 1 heterocycles. The van der Waals surface area contributed by atoms with E-state index in [2.05, 4.69) is 37.5 Å². The average Bonchev–Trinajstić information content (AvgIpc) is 2.49. The van der Waals surface area contributed by atoms with Crippen LogP contribution in [0, 0.1) is 5.41 Å². The smallest absolute Gasteiger partial charge is 0.194 e. The van der Waals surface area contributed by atoms with Gasteiger partial charge in [0.15, 0.2) is 5.96 Å². The first kappa shape index (κ1) is 11.7. The van der Waals surface area contributed by atoms with Crippen LogP contribution in [0.25, 0.3) is 0 Å². The molecule has 0 aromatic rings. The van der Waals surface area contributed by atoms with Crippen molar-refractivity contribution >= 4 is 5.96 Å². The Hall–Kier alpha value is -0.730. The molecule has 0 bridgehead atoms. The summed E-state index contributed by atoms with van der Waals surface area (Å²) >= 11 is 0. The molecule has 2 unspecified atom stereocenters. The molecule has 1 saturated carbocycles. The van der Waals surface area contributed by atoms with E-state index in [1.807, 2.05) is 0 Å². The van der Waals surface area contributed by atoms with Crippen LogP contribution in [0.4, 0.5) is 0 Å². The number of nitrogens with one attached hydrogen (secondary N) is 1. The van der Waals surface area contributed by atoms with Gasteiger partial charge in [-0.25, -0.2) is 0 Å². The molecule has 2 aliphatic rings. The first-order valence-corrected chi connectivity index (χ1v) is 6.69. The third kappa shape index (κ3) is 1.70. The van der Waals surface area contributed by atoms with E-state index >= 15 is 0 Å². The maximum atomic E-state index is 8.37. The fourth-order valence-corrected chi connectivity index (χ4v) is 3.44. The van der Waals surface area contributed by atoms with Crippen molar-refractivity contribution in [1.82, 2.24) is 9.80 Å². The molecule has 3 nitrogen and oxygen atoms in total. The minimum atomic E-state index is 0.460. The lowest BCUT2D eigenvalue weighted by Gasteiger charge is -2.34. The van der Waals surface area contributed by atoms with Crippen LogP contribution >= 0.6 is 0 Å². The molecule has 16 heavy (non-hydrogen) atoms. The van der Waals surface area contributed by atoms with Crippen LogP contribution < -0.4 is 0 Å². The van der Waals surface area contributed by atoms with Crippen molar-refractivity contribution in [2.24, 2.45) is 0 Å². The average molecular weight is 223 g/mol. The molecule has 2 rings (SSSR count). The lowest BCUT2D eigenvalue weighted by Crippen LogP contribution is -2.43. The van der Waals surface area contributed by atoms with E-state index in [1.165, 1.54) is 25.7 Å². The molecule has 2 atom stereocenters. The molecule has 0 amide bonds. The van der Waals surface area contributed by atoms with Crippen molar-refractivity contribution in [3.63, 3.8) is 0 Å². The second-order valence-corrected chi connectivity index (χ2v) is 5.74. The van der Waals surface area contributed by atoms with Gasteiger partial charge in [0, 0.05) is 12.1 Å². The SMILES string of the molecule is CC(C)N1C(=N)N(C(C)C)C2CCCCC21. The Morgan fingerprint density at radius 1 is 0.938 bits per heavy atom. The number of hydrogen-bond acceptors (Lipinski definition) is 1. The Balaban J connectivity index is 2.26. The Bertz CT molecular complexity index is 246. The number of fused-ring (bicyclic) bond motifs is 1. The molecule has 1 saturated heterocycles. The molecule has 0 spiro atoms. The summed E-state index contributed by atoms with van der Waals surface area (Å²) in [5.41, 5.74) is 0. The minimum absolute atomic E-state index is 0.460. The molecule has 3 heteroatoms. The first-order valence-electron chi connectivity index (χ1n) is 6.69. The highest BCUT2D eigenvalue weighted by Gasteiger charge is 2.45. The molecule has 2 fully saturated rings. The summed E-state index contributed by atoms with van der Waals surface area (Å²) in [5, 5.41) is 8.37. The first-order chi connectivity index (χ1) is 7.54. The largest absolute Gasteiger partial charge is 0.336 e. The highest BCUT2D eigenvalue weighted by atomic mass is 15.5. The summed E-state index contributed by atoms with van der Waals surface area (Å²) < 4.78 is 0. The zero-order valence-electron chi connectivity index (χ0n) is 11.0. The zero-order chi connectivity index (χ0) is 11.9. The number of rotatable bonds is 2. The Kier molecular flexibility index (Phi) is 3.13. The van der Waals surface area contributed by atoms with Gasteiger partial charge < -0.3 is 9.80 Å². The predicted octanol–water partition coefficient (Wildman–Crippen LogP) is 2.67. The number of guanidine groups is 1. The Morgan fingerprint density at radius 3 is 1.62 bits per heavy atom. The molecule has 0 aromatic heterocycles. The molecular formula is C13H25N3. The van der Waals surface area contributed by atoms with Gasteiger partial charge in [-0.2, -0.15) is 0 Å². The summed E-state index contributed by atoms with van der Waals surface area (Å²) in [6.45, 7) is 8.85. The van der Waals surface area contributed by atoms with Crippen molar-refractivity contribution in [2.75, 3.05) is 0 Å². The third-order valence-electron chi connectivity index (χ3n) is 4.01. The van der Waals surface area contributed by atoms with Crippen LogP contribution in [0.3, 0.4) is 0 Å². The van der Waals surface area contributed by atoms with E-state index in [1.54, 1.807) is 0 Å². The fourth-order valence-electron chi connectivity index (χ4n) is 3.44. The number of nitrogens with zero attached hydrogens (tertiary/aromatic N) is 2. The molecular weight excluding hydrogens is 198 g/mol. The molecule has 0 aromatic carbocycles. The molecule has 92 valence electrons. The monoisotopic (exact) mass is 223 g/mol. The summed E-state index contributed by atoms with van der Waals surface area (Å²) in [7, 11) is 0. The molecule has 1 N–H and O–H groups in total. The van der Waals surface area contributed by atoms with E-state index < -0.39 is 0 Å². The van der Waals surface area contributed by atoms with Gasteiger partial charge in [0.1, 0.15) is 0 Å². The van der Waals surface area contributed by atoms with Crippen molar-refractivity contribution in [3.05, 3.63) is 0 Å². The second kappa shape index (κ2) is 4.27. The van der Waals surface area contributed by atoms with Gasteiger partial charge in [-0.3, -0.25) is 5.41 Å². The van der Waals surface area contributed by atoms with Crippen molar-refractivity contribution < 1.29 is 0 Å². The fraction of sp³-hybridized carbons (Fsp3) is 0.923. The van der Waals surface area contributed by atoms with Gasteiger partial charge in [0.05, 0.1) is 12.1 Å². The van der Waals surface area contributed by atoms with Gasteiger partial charge in [0.25, 0.3) is 0 Å². The maximum Gasteiger partial charge on any atom is 0.194 e. The van der Waals surface area contributed by atoms with Crippen LogP contribution in [0.2, 0.25) is 0 Å². The van der Waals surface area contributed by atoms with Gasteiger partial charge in [-0.15, -0.1) is 0 Å². The minimum Gasteiger partial charge on any atom is -0.336 e. The highest BCUT2D eigenvalue weighted by Crippen LogP contribution is 2.35. The topological polar surface area (TPSA) is 30.3 Å². The van der Waals surface area contributed by atoms with Crippen molar-refractivity contribution in [1.29, 1.82) is 5.41 Å². The quantitative estimate of drug-likeness (QED) is 0.780. The lowest BCUT2D eigenvalue weighted by molar-refractivity contribution is 0.173. The summed E-state index contributed by atoms with van der Waals surface area (Å²) in [6.07, 6.45) is 5.22. The zero-order valence-corrected chi connectivity index (χ0v) is 11.0. The van der Waals surface area contributed by atoms with Crippen LogP contribution in [0.15, 0.2) is 0 Å². The van der Waals surface area contributed by atoms with Crippen molar-refractivity contribution in [2.45, 2.75) is 77.5 Å². The predicted molar refractivity (Wildman–Crippen MR) is 67.7 cm³/mol. The summed E-state index contributed by atoms with van der Waals surface area (Å²) in [6, 6.07) is 2.12. The summed E-state index contributed by atoms with van der Waals surface area (Å²) in [4.78, 5) is 4.67. The molecule has 0 radical (unpaired) electrons. The van der Waals surface area contributed by atoms with Gasteiger partial charge in [0.2, 0.25) is 0 Å². The highest BCUT2D eigenvalue weighted by molar-refractivity contribution is 5.81. The van der Waals surface area contributed by atoms with Crippen LogP contribution in [0.1, 0.15) is 53.4 Å². The van der Waals surface area contributed by atoms with Gasteiger partial charge in [-0.05, 0) is 40.5 Å². The van der Waals surface area contributed by atoms with E-state index in [0.717, 1.165) is 5.96 Å². The van der Waals surface area contributed by atoms with Gasteiger partial charge in [-0.1, -0.05) is 12.8 Å². The van der Waals surface area contributed by atoms with Gasteiger partial charge >= 0.3 is 0 Å². The van der Waals surface area contributed by atoms with E-state index in [0.29, 0.717) is 24.2 Å². The number of hydrogen-bond donors (Lipinski definition) is 1. The normalized spacial score (nSPS) is 30.5. The Morgan fingerprint density at radius 2 is 1.31 bits per heavy atom. The van der Waals surface area contributed by atoms with Crippen molar-refractivity contribution in [3.8, 4) is 0 Å². The Labute approximate surface area is 99.3 Å². The van der Waals surface area contributed by atoms with E-state index in [-0.39, 0.29) is 0 Å². The van der Waals surface area contributed by atoms with E-state index in [9.17, 15) is 0 Å². The molecule has 1 aliphatic heterocycles. The standard InChI is InChI=1S/C13H25N3/c1-9(2)15-11-7-5-6-8-12(11)16(10(3)4)13(15)14/h9-12,14H,5-8H2,1-4H3. The van der Waals surface area contributed by atoms with E-state index in [4.69, 9.17) is 5.41 Å². The van der Waals surface area contributed by atoms with Crippen LogP contribution in [-0.2, 0) is 0 Å². The van der Waals surface area contributed by atoms with Crippen LogP contribution in [-0.4, -0.2) is 39.9 Å². The summed E-state index contributed by atoms with van der Waals surface area (Å²) in [5.74, 6) is 0.766. The second-order valence-electron chi connectivity index (χ2n) is 5.74. The van der Waals surface area contributed by atoms with Crippen LogP contribution in [0.5, 0.6) is 0 Å². The maximum absolute atomic E-state index is 8.37. The lowest BCUT2D eigenvalue weighted by atomic mass is 9.89.